The van der Waals surface area contributed by atoms with Crippen LogP contribution in [0.4, 0.5) is 13.2 Å². The average molecular weight is 424 g/mol. The molecule has 0 radical (unpaired) electrons. The minimum absolute atomic E-state index is 0.0427. The van der Waals surface area contributed by atoms with E-state index in [0.717, 1.165) is 12.0 Å². The highest BCUT2D eigenvalue weighted by atomic mass is 19.4. The topological polar surface area (TPSA) is 58.6 Å². The number of nitrogens with zero attached hydrogens (tertiary/aromatic N) is 1. The highest BCUT2D eigenvalue weighted by Gasteiger charge is 2.52. The Morgan fingerprint density at radius 2 is 1.87 bits per heavy atom. The number of amides is 2. The van der Waals surface area contributed by atoms with Gasteiger partial charge in [-0.2, -0.15) is 0 Å². The molecule has 0 unspecified atom stereocenters. The zero-order chi connectivity index (χ0) is 21.7. The number of aryl methyl sites for hydroxylation is 1. The number of piperidine rings is 1. The minimum atomic E-state index is -4.72. The van der Waals surface area contributed by atoms with E-state index < -0.39 is 6.36 Å². The molecule has 8 heteroatoms. The third-order valence-electron chi connectivity index (χ3n) is 7.15. The van der Waals surface area contributed by atoms with Crippen LogP contribution < -0.4 is 10.1 Å². The minimum Gasteiger partial charge on any atom is -0.406 e. The number of ether oxygens (including phenoxy) is 1. The number of nitrogens with one attached hydrogen (secondary N) is 1. The van der Waals surface area contributed by atoms with E-state index in [9.17, 15) is 22.8 Å². The molecule has 3 aliphatic rings. The second kappa shape index (κ2) is 7.17. The van der Waals surface area contributed by atoms with Gasteiger partial charge in [0.15, 0.2) is 0 Å². The summed E-state index contributed by atoms with van der Waals surface area (Å²) in [4.78, 5) is 26.2. The quantitative estimate of drug-likeness (QED) is 0.802. The molecule has 0 aromatic heterocycles. The number of hydrogen-bond acceptors (Lipinski definition) is 3. The molecule has 3 fully saturated rings. The monoisotopic (exact) mass is 424 g/mol. The molecule has 1 aromatic rings. The number of halogens is 3. The maximum atomic E-state index is 12.9. The van der Waals surface area contributed by atoms with Crippen LogP contribution in [0.2, 0.25) is 0 Å². The molecule has 4 rings (SSSR count). The number of benzene rings is 1. The first-order valence-electron chi connectivity index (χ1n) is 10.5. The number of rotatable bonds is 3. The molecule has 2 aliphatic heterocycles. The van der Waals surface area contributed by atoms with E-state index in [-0.39, 0.29) is 34.4 Å². The number of carbonyl (C=O) groups excluding carboxylic acids is 2. The standard InChI is InChI=1S/C22H27F3N2O3/c1-14-3-4-16(11-17(14)30-22(23,24)25)20(2)7-9-27(10-8-20)19(29)15-12-21(13-15)6-5-18(28)26-21/h3-4,11,15H,5-10,12-13H2,1-2H3,(H,26,28). The van der Waals surface area contributed by atoms with Gasteiger partial charge in [-0.05, 0) is 61.6 Å². The first kappa shape index (κ1) is 21.0. The van der Waals surface area contributed by atoms with E-state index >= 15 is 0 Å². The molecule has 5 nitrogen and oxygen atoms in total. The van der Waals surface area contributed by atoms with Crippen LogP contribution in [0.5, 0.6) is 5.75 Å². The van der Waals surface area contributed by atoms with Crippen LogP contribution in [-0.4, -0.2) is 41.7 Å². The van der Waals surface area contributed by atoms with E-state index in [4.69, 9.17) is 0 Å². The van der Waals surface area contributed by atoms with Gasteiger partial charge in [0.25, 0.3) is 0 Å². The first-order chi connectivity index (χ1) is 14.0. The predicted molar refractivity (Wildman–Crippen MR) is 104 cm³/mol. The van der Waals surface area contributed by atoms with Gasteiger partial charge in [0, 0.05) is 31.0 Å². The lowest BCUT2D eigenvalue weighted by Crippen LogP contribution is -2.57. The van der Waals surface area contributed by atoms with Crippen molar-refractivity contribution in [3.63, 3.8) is 0 Å². The summed E-state index contributed by atoms with van der Waals surface area (Å²) in [5.74, 6) is -0.00698. The lowest BCUT2D eigenvalue weighted by molar-refractivity contribution is -0.274. The molecule has 1 aromatic carbocycles. The Hall–Kier alpha value is -2.25. The van der Waals surface area contributed by atoms with Crippen LogP contribution in [-0.2, 0) is 15.0 Å². The molecule has 1 spiro atoms. The SMILES string of the molecule is Cc1ccc(C2(C)CCN(C(=O)C3CC4(CCC(=O)N4)C3)CC2)cc1OC(F)(F)F. The van der Waals surface area contributed by atoms with Crippen molar-refractivity contribution >= 4 is 11.8 Å². The molecule has 0 atom stereocenters. The molecule has 30 heavy (non-hydrogen) atoms. The van der Waals surface area contributed by atoms with Crippen molar-refractivity contribution in [2.45, 2.75) is 69.7 Å². The van der Waals surface area contributed by atoms with E-state index in [1.54, 1.807) is 13.0 Å². The van der Waals surface area contributed by atoms with E-state index in [1.165, 1.54) is 6.07 Å². The van der Waals surface area contributed by atoms with Crippen molar-refractivity contribution in [2.24, 2.45) is 5.92 Å². The summed E-state index contributed by atoms with van der Waals surface area (Å²) in [6.45, 7) is 4.78. The van der Waals surface area contributed by atoms with Crippen molar-refractivity contribution in [2.75, 3.05) is 13.1 Å². The maximum Gasteiger partial charge on any atom is 0.573 e. The van der Waals surface area contributed by atoms with E-state index in [1.807, 2.05) is 17.9 Å². The third-order valence-corrected chi connectivity index (χ3v) is 7.15. The van der Waals surface area contributed by atoms with Gasteiger partial charge in [-0.3, -0.25) is 9.59 Å². The number of hydrogen-bond donors (Lipinski definition) is 1. The second-order valence-corrected chi connectivity index (χ2v) is 9.35. The lowest BCUT2D eigenvalue weighted by Gasteiger charge is -2.47. The summed E-state index contributed by atoms with van der Waals surface area (Å²) >= 11 is 0. The zero-order valence-corrected chi connectivity index (χ0v) is 17.3. The van der Waals surface area contributed by atoms with Crippen molar-refractivity contribution in [1.82, 2.24) is 10.2 Å². The maximum absolute atomic E-state index is 12.9. The second-order valence-electron chi connectivity index (χ2n) is 9.35. The summed E-state index contributed by atoms with van der Waals surface area (Å²) in [7, 11) is 0. The fourth-order valence-electron chi connectivity index (χ4n) is 5.12. The van der Waals surface area contributed by atoms with Crippen LogP contribution >= 0.6 is 0 Å². The van der Waals surface area contributed by atoms with Gasteiger partial charge in [-0.1, -0.05) is 19.1 Å². The Kier molecular flexibility index (Phi) is 5.02. The highest BCUT2D eigenvalue weighted by Crippen LogP contribution is 2.45. The highest BCUT2D eigenvalue weighted by molar-refractivity contribution is 5.83. The van der Waals surface area contributed by atoms with Crippen LogP contribution in [0.1, 0.15) is 56.6 Å². The van der Waals surface area contributed by atoms with Gasteiger partial charge in [-0.15, -0.1) is 13.2 Å². The molecule has 2 amide bonds. The summed E-state index contributed by atoms with van der Waals surface area (Å²) in [5, 5.41) is 3.01. The van der Waals surface area contributed by atoms with Crippen LogP contribution in [0, 0.1) is 12.8 Å². The fourth-order valence-corrected chi connectivity index (χ4v) is 5.12. The molecular formula is C22H27F3N2O3. The predicted octanol–water partition coefficient (Wildman–Crippen LogP) is 3.83. The number of likely N-dealkylation sites (tertiary alicyclic amines) is 1. The van der Waals surface area contributed by atoms with Gasteiger partial charge < -0.3 is 15.0 Å². The Balaban J connectivity index is 1.37. The van der Waals surface area contributed by atoms with Crippen molar-refractivity contribution in [1.29, 1.82) is 0 Å². The summed E-state index contributed by atoms with van der Waals surface area (Å²) in [6.07, 6.45) is -0.589. The van der Waals surface area contributed by atoms with E-state index in [0.29, 0.717) is 50.8 Å². The van der Waals surface area contributed by atoms with E-state index in [2.05, 4.69) is 10.1 Å². The molecule has 0 bridgehead atoms. The molecule has 164 valence electrons. The largest absolute Gasteiger partial charge is 0.573 e. The number of carbonyl (C=O) groups is 2. The van der Waals surface area contributed by atoms with Gasteiger partial charge in [0.05, 0.1) is 0 Å². The van der Waals surface area contributed by atoms with Crippen LogP contribution in [0.15, 0.2) is 18.2 Å². The van der Waals surface area contributed by atoms with Gasteiger partial charge >= 0.3 is 6.36 Å². The Morgan fingerprint density at radius 1 is 1.20 bits per heavy atom. The Morgan fingerprint density at radius 3 is 2.43 bits per heavy atom. The normalized spacial score (nSPS) is 28.2. The molecule has 2 saturated heterocycles. The van der Waals surface area contributed by atoms with Crippen LogP contribution in [0.25, 0.3) is 0 Å². The Labute approximate surface area is 173 Å². The Bertz CT molecular complexity index is 854. The fraction of sp³-hybridized carbons (Fsp3) is 0.636. The zero-order valence-electron chi connectivity index (χ0n) is 17.3. The molecule has 1 N–H and O–H groups in total. The van der Waals surface area contributed by atoms with Crippen molar-refractivity contribution in [3.8, 4) is 5.75 Å². The summed E-state index contributed by atoms with van der Waals surface area (Å²) in [5.41, 5.74) is 0.758. The molecule has 1 aliphatic carbocycles. The van der Waals surface area contributed by atoms with Gasteiger partial charge in [0.1, 0.15) is 5.75 Å². The average Bonchev–Trinajstić information content (AvgIpc) is 3.03. The smallest absolute Gasteiger partial charge is 0.406 e. The summed E-state index contributed by atoms with van der Waals surface area (Å²) in [6, 6.07) is 5.00. The molecule has 1 saturated carbocycles. The molecule has 2 heterocycles. The van der Waals surface area contributed by atoms with Crippen molar-refractivity contribution in [3.05, 3.63) is 29.3 Å². The third kappa shape index (κ3) is 4.01. The van der Waals surface area contributed by atoms with Gasteiger partial charge in [0.2, 0.25) is 11.8 Å². The first-order valence-corrected chi connectivity index (χ1v) is 10.5. The van der Waals surface area contributed by atoms with Crippen molar-refractivity contribution < 1.29 is 27.5 Å². The lowest BCUT2D eigenvalue weighted by atomic mass is 9.66. The van der Waals surface area contributed by atoms with Gasteiger partial charge in [-0.25, -0.2) is 0 Å². The van der Waals surface area contributed by atoms with Crippen LogP contribution in [0.3, 0.4) is 0 Å². The summed E-state index contributed by atoms with van der Waals surface area (Å²) < 4.78 is 42.2. The number of alkyl halides is 3. The molecular weight excluding hydrogens is 397 g/mol.